The van der Waals surface area contributed by atoms with E-state index in [0.717, 1.165) is 16.9 Å². The Morgan fingerprint density at radius 3 is 2.68 bits per heavy atom. The molecular weight excluding hydrogens is 318 g/mol. The lowest BCUT2D eigenvalue weighted by Crippen LogP contribution is -2.45. The quantitative estimate of drug-likeness (QED) is 0.931. The van der Waals surface area contributed by atoms with Crippen molar-refractivity contribution in [1.29, 1.82) is 0 Å². The number of carboxylic acid groups (broad SMARTS) is 1. The van der Waals surface area contributed by atoms with Gasteiger partial charge in [-0.05, 0) is 43.9 Å². The maximum absolute atomic E-state index is 12.9. The number of carbonyl (C=O) groups excluding carboxylic acids is 1. The Hall–Kier alpha value is -2.63. The van der Waals surface area contributed by atoms with Crippen molar-refractivity contribution >= 4 is 11.9 Å². The van der Waals surface area contributed by atoms with E-state index in [1.807, 2.05) is 45.0 Å². The fourth-order valence-corrected chi connectivity index (χ4v) is 3.51. The van der Waals surface area contributed by atoms with Crippen LogP contribution in [-0.2, 0) is 4.79 Å². The lowest BCUT2D eigenvalue weighted by molar-refractivity contribution is -0.145. The van der Waals surface area contributed by atoms with Crippen LogP contribution in [0.3, 0.4) is 0 Å². The van der Waals surface area contributed by atoms with Crippen molar-refractivity contribution in [2.24, 2.45) is 11.8 Å². The summed E-state index contributed by atoms with van der Waals surface area (Å²) in [5.74, 6) is -1.28. The van der Waals surface area contributed by atoms with E-state index in [4.69, 9.17) is 0 Å². The molecule has 1 aliphatic heterocycles. The average molecular weight is 341 g/mol. The summed E-state index contributed by atoms with van der Waals surface area (Å²) < 4.78 is 1.77. The van der Waals surface area contributed by atoms with Crippen molar-refractivity contribution in [2.75, 3.05) is 13.1 Å². The van der Waals surface area contributed by atoms with Gasteiger partial charge in [0, 0.05) is 13.1 Å². The Bertz CT molecular complexity index is 812. The lowest BCUT2D eigenvalue weighted by atomic mass is 9.87. The summed E-state index contributed by atoms with van der Waals surface area (Å²) in [4.78, 5) is 25.9. The normalized spacial score (nSPS) is 20.5. The molecule has 3 rings (SSSR count). The molecule has 2 atom stereocenters. The molecule has 1 aromatic heterocycles. The Balaban J connectivity index is 1.81. The number of aryl methyl sites for hydroxylation is 1. The fourth-order valence-electron chi connectivity index (χ4n) is 3.51. The molecule has 6 heteroatoms. The van der Waals surface area contributed by atoms with Crippen molar-refractivity contribution in [3.8, 4) is 5.69 Å². The van der Waals surface area contributed by atoms with Gasteiger partial charge in [0.1, 0.15) is 0 Å². The van der Waals surface area contributed by atoms with Gasteiger partial charge in [0.25, 0.3) is 5.91 Å². The summed E-state index contributed by atoms with van der Waals surface area (Å²) in [5, 5.41) is 13.6. The zero-order chi connectivity index (χ0) is 18.1. The third-order valence-electron chi connectivity index (χ3n) is 5.00. The zero-order valence-corrected chi connectivity index (χ0v) is 14.8. The molecule has 0 bridgehead atoms. The van der Waals surface area contributed by atoms with Crippen molar-refractivity contribution in [1.82, 2.24) is 14.7 Å². The van der Waals surface area contributed by atoms with Gasteiger partial charge >= 0.3 is 5.97 Å². The summed E-state index contributed by atoms with van der Waals surface area (Å²) in [6.45, 7) is 6.72. The van der Waals surface area contributed by atoms with Crippen LogP contribution in [-0.4, -0.2) is 44.8 Å². The smallest absolute Gasteiger partial charge is 0.306 e. The summed E-state index contributed by atoms with van der Waals surface area (Å²) in [7, 11) is 0. The topological polar surface area (TPSA) is 75.4 Å². The van der Waals surface area contributed by atoms with E-state index in [-0.39, 0.29) is 17.7 Å². The van der Waals surface area contributed by atoms with Crippen LogP contribution in [0.1, 0.15) is 35.0 Å². The number of likely N-dealkylation sites (tertiary alicyclic amines) is 1. The predicted molar refractivity (Wildman–Crippen MR) is 93.8 cm³/mol. The number of benzene rings is 1. The first-order chi connectivity index (χ1) is 11.9. The SMILES string of the molecule is Cc1cccc(-n2ncc(C(=O)N3CCC(C(=O)O)C(C)C3)c2C)c1. The average Bonchev–Trinajstić information content (AvgIpc) is 2.95. The highest BCUT2D eigenvalue weighted by atomic mass is 16.4. The maximum Gasteiger partial charge on any atom is 0.306 e. The van der Waals surface area contributed by atoms with E-state index in [1.165, 1.54) is 0 Å². The van der Waals surface area contributed by atoms with Crippen LogP contribution in [0.4, 0.5) is 0 Å². The van der Waals surface area contributed by atoms with E-state index in [1.54, 1.807) is 15.8 Å². The number of hydrogen-bond donors (Lipinski definition) is 1. The molecular formula is C19H23N3O3. The molecule has 0 spiro atoms. The monoisotopic (exact) mass is 341 g/mol. The molecule has 6 nitrogen and oxygen atoms in total. The molecule has 0 saturated carbocycles. The number of carbonyl (C=O) groups is 2. The van der Waals surface area contributed by atoms with Crippen molar-refractivity contribution in [2.45, 2.75) is 27.2 Å². The summed E-state index contributed by atoms with van der Waals surface area (Å²) in [5.41, 5.74) is 3.42. The van der Waals surface area contributed by atoms with Gasteiger partial charge in [-0.1, -0.05) is 19.1 Å². The van der Waals surface area contributed by atoms with Crippen LogP contribution < -0.4 is 0 Å². The number of rotatable bonds is 3. The summed E-state index contributed by atoms with van der Waals surface area (Å²) in [6.07, 6.45) is 2.10. The van der Waals surface area contributed by atoms with Gasteiger partial charge in [0.2, 0.25) is 0 Å². The molecule has 1 aliphatic rings. The fraction of sp³-hybridized carbons (Fsp3) is 0.421. The van der Waals surface area contributed by atoms with Crippen LogP contribution >= 0.6 is 0 Å². The molecule has 1 saturated heterocycles. The summed E-state index contributed by atoms with van der Waals surface area (Å²) >= 11 is 0. The first kappa shape index (κ1) is 17.2. The Morgan fingerprint density at radius 2 is 2.04 bits per heavy atom. The highest BCUT2D eigenvalue weighted by molar-refractivity contribution is 5.95. The second kappa shape index (κ2) is 6.70. The minimum absolute atomic E-state index is 0.0534. The predicted octanol–water partition coefficient (Wildman–Crippen LogP) is 2.67. The molecule has 132 valence electrons. The number of piperidine rings is 1. The minimum atomic E-state index is -0.775. The third kappa shape index (κ3) is 3.29. The van der Waals surface area contributed by atoms with E-state index in [2.05, 4.69) is 5.10 Å². The number of hydrogen-bond acceptors (Lipinski definition) is 3. The Labute approximate surface area is 147 Å². The van der Waals surface area contributed by atoms with Crippen molar-refractivity contribution < 1.29 is 14.7 Å². The largest absolute Gasteiger partial charge is 0.481 e. The standard InChI is InChI=1S/C19H23N3O3/c1-12-5-4-6-15(9-12)22-14(3)17(10-20-22)18(23)21-8-7-16(19(24)25)13(2)11-21/h4-6,9-10,13,16H,7-8,11H2,1-3H3,(H,24,25). The molecule has 1 N–H and O–H groups in total. The van der Waals surface area contributed by atoms with Crippen molar-refractivity contribution in [3.05, 3.63) is 47.3 Å². The molecule has 2 heterocycles. The number of carboxylic acids is 1. The molecule has 1 amide bonds. The maximum atomic E-state index is 12.9. The minimum Gasteiger partial charge on any atom is -0.481 e. The zero-order valence-electron chi connectivity index (χ0n) is 14.8. The van der Waals surface area contributed by atoms with Gasteiger partial charge in [-0.3, -0.25) is 9.59 Å². The van der Waals surface area contributed by atoms with E-state index >= 15 is 0 Å². The van der Waals surface area contributed by atoms with E-state index in [9.17, 15) is 14.7 Å². The van der Waals surface area contributed by atoms with Gasteiger partial charge in [-0.2, -0.15) is 5.10 Å². The third-order valence-corrected chi connectivity index (χ3v) is 5.00. The van der Waals surface area contributed by atoms with Gasteiger partial charge in [0.05, 0.1) is 29.1 Å². The van der Waals surface area contributed by atoms with Crippen molar-refractivity contribution in [3.63, 3.8) is 0 Å². The van der Waals surface area contributed by atoms with Crippen LogP contribution in [0, 0.1) is 25.7 Å². The lowest BCUT2D eigenvalue weighted by Gasteiger charge is -2.34. The first-order valence-corrected chi connectivity index (χ1v) is 8.52. The van der Waals surface area contributed by atoms with Gasteiger partial charge in [0.15, 0.2) is 0 Å². The van der Waals surface area contributed by atoms with Crippen LogP contribution in [0.5, 0.6) is 0 Å². The Morgan fingerprint density at radius 1 is 1.28 bits per heavy atom. The molecule has 25 heavy (non-hydrogen) atoms. The van der Waals surface area contributed by atoms with E-state index < -0.39 is 5.97 Å². The second-order valence-corrected chi connectivity index (χ2v) is 6.86. The van der Waals surface area contributed by atoms with Crippen LogP contribution in [0.2, 0.25) is 0 Å². The van der Waals surface area contributed by atoms with E-state index in [0.29, 0.717) is 25.1 Å². The highest BCUT2D eigenvalue weighted by Crippen LogP contribution is 2.25. The number of amides is 1. The number of aromatic nitrogens is 2. The van der Waals surface area contributed by atoms with Gasteiger partial charge in [-0.25, -0.2) is 4.68 Å². The number of nitrogens with zero attached hydrogens (tertiary/aromatic N) is 3. The molecule has 1 fully saturated rings. The van der Waals surface area contributed by atoms with Gasteiger partial charge < -0.3 is 10.0 Å². The highest BCUT2D eigenvalue weighted by Gasteiger charge is 2.34. The molecule has 2 aromatic rings. The Kier molecular flexibility index (Phi) is 4.61. The van der Waals surface area contributed by atoms with Gasteiger partial charge in [-0.15, -0.1) is 0 Å². The second-order valence-electron chi connectivity index (χ2n) is 6.86. The number of aliphatic carboxylic acids is 1. The first-order valence-electron chi connectivity index (χ1n) is 8.52. The van der Waals surface area contributed by atoms with Crippen LogP contribution in [0.25, 0.3) is 5.69 Å². The molecule has 0 aliphatic carbocycles. The van der Waals surface area contributed by atoms with Crippen LogP contribution in [0.15, 0.2) is 30.5 Å². The summed E-state index contributed by atoms with van der Waals surface area (Å²) in [6, 6.07) is 7.96. The molecule has 0 radical (unpaired) electrons. The molecule has 2 unspecified atom stereocenters. The molecule has 1 aromatic carbocycles.